The fourth-order valence-corrected chi connectivity index (χ4v) is 3.30. The molecule has 0 bridgehead atoms. The largest absolute Gasteiger partial charge is 0.419 e. The number of hydrogen-bond acceptors (Lipinski definition) is 5. The van der Waals surface area contributed by atoms with Crippen LogP contribution in [0.2, 0.25) is 5.02 Å². The molecule has 2 N–H and O–H groups in total. The molecule has 1 aliphatic rings. The molecule has 1 aromatic carbocycles. The number of halogens is 1. The van der Waals surface area contributed by atoms with Gasteiger partial charge in [0, 0.05) is 12.1 Å². The van der Waals surface area contributed by atoms with Crippen LogP contribution in [-0.4, -0.2) is 59.1 Å². The van der Waals surface area contributed by atoms with Crippen molar-refractivity contribution in [2.45, 2.75) is 45.3 Å². The summed E-state index contributed by atoms with van der Waals surface area (Å²) in [6, 6.07) is 7.52. The van der Waals surface area contributed by atoms with E-state index < -0.39 is 0 Å². The van der Waals surface area contributed by atoms with E-state index in [1.807, 2.05) is 39.1 Å². The third-order valence-electron chi connectivity index (χ3n) is 4.55. The molecular formula is C20H27ClN5O3+. The monoisotopic (exact) mass is 420 g/mol. The lowest BCUT2D eigenvalue weighted by atomic mass is 10.2. The topological polar surface area (TPSA) is 92.8 Å². The first-order valence-corrected chi connectivity index (χ1v) is 10.2. The van der Waals surface area contributed by atoms with Crippen LogP contribution in [0.3, 0.4) is 0 Å². The Hall–Kier alpha value is -2.45. The van der Waals surface area contributed by atoms with Gasteiger partial charge in [-0.3, -0.25) is 9.59 Å². The predicted molar refractivity (Wildman–Crippen MR) is 108 cm³/mol. The Morgan fingerprint density at radius 3 is 2.66 bits per heavy atom. The highest BCUT2D eigenvalue weighted by atomic mass is 35.5. The number of nitrogens with zero attached hydrogens (tertiary/aromatic N) is 3. The van der Waals surface area contributed by atoms with Gasteiger partial charge in [-0.15, -0.1) is 10.2 Å². The molecule has 9 heteroatoms. The number of amides is 2. The van der Waals surface area contributed by atoms with Crippen LogP contribution in [0.1, 0.15) is 32.6 Å². The number of likely N-dealkylation sites (N-methyl/N-ethyl adjacent to an activating group) is 1. The van der Waals surface area contributed by atoms with Crippen LogP contribution in [0.4, 0.5) is 0 Å². The van der Waals surface area contributed by atoms with Crippen molar-refractivity contribution < 1.29 is 18.9 Å². The molecule has 0 spiro atoms. The second kappa shape index (κ2) is 9.37. The van der Waals surface area contributed by atoms with Crippen molar-refractivity contribution in [3.05, 3.63) is 35.2 Å². The second-order valence-electron chi connectivity index (χ2n) is 7.77. The van der Waals surface area contributed by atoms with Crippen LogP contribution in [-0.2, 0) is 16.1 Å². The summed E-state index contributed by atoms with van der Waals surface area (Å²) < 4.78 is 5.75. The first-order chi connectivity index (χ1) is 13.8. The zero-order chi connectivity index (χ0) is 21.0. The normalized spacial score (nSPS) is 14.7. The van der Waals surface area contributed by atoms with Crippen molar-refractivity contribution in [2.75, 3.05) is 20.1 Å². The molecule has 1 aliphatic carbocycles. The van der Waals surface area contributed by atoms with Gasteiger partial charge in [0.15, 0.2) is 13.1 Å². The van der Waals surface area contributed by atoms with E-state index in [4.69, 9.17) is 16.0 Å². The van der Waals surface area contributed by atoms with Crippen LogP contribution in [0, 0.1) is 0 Å². The molecule has 1 saturated carbocycles. The lowest BCUT2D eigenvalue weighted by Crippen LogP contribution is -3.11. The van der Waals surface area contributed by atoms with E-state index in [1.165, 1.54) is 0 Å². The van der Waals surface area contributed by atoms with Gasteiger partial charge in [0.1, 0.15) is 0 Å². The first-order valence-electron chi connectivity index (χ1n) is 9.81. The minimum absolute atomic E-state index is 0.0279. The Kier molecular flexibility index (Phi) is 6.87. The Bertz CT molecular complexity index is 865. The molecule has 1 unspecified atom stereocenters. The first kappa shape index (κ1) is 21.3. The smallest absolute Gasteiger partial charge is 0.278 e. The van der Waals surface area contributed by atoms with E-state index in [9.17, 15) is 9.59 Å². The van der Waals surface area contributed by atoms with Crippen molar-refractivity contribution in [3.63, 3.8) is 0 Å². The summed E-state index contributed by atoms with van der Waals surface area (Å²) in [7, 11) is 1.84. The average molecular weight is 421 g/mol. The second-order valence-corrected chi connectivity index (χ2v) is 8.17. The quantitative estimate of drug-likeness (QED) is 0.629. The van der Waals surface area contributed by atoms with Gasteiger partial charge in [0.05, 0.1) is 24.2 Å². The Morgan fingerprint density at radius 1 is 1.28 bits per heavy atom. The summed E-state index contributed by atoms with van der Waals surface area (Å²) in [5.41, 5.74) is 0.664. The molecule has 8 nitrogen and oxygen atoms in total. The Morgan fingerprint density at radius 2 is 2.00 bits per heavy atom. The summed E-state index contributed by atoms with van der Waals surface area (Å²) in [6.07, 6.45) is 1.92. The third-order valence-corrected chi connectivity index (χ3v) is 4.88. The van der Waals surface area contributed by atoms with Crippen molar-refractivity contribution in [3.8, 4) is 11.5 Å². The Labute approximate surface area is 175 Å². The summed E-state index contributed by atoms with van der Waals surface area (Å²) in [4.78, 5) is 27.4. The summed E-state index contributed by atoms with van der Waals surface area (Å²) in [5.74, 6) is 0.613. The average Bonchev–Trinajstić information content (AvgIpc) is 3.37. The van der Waals surface area contributed by atoms with E-state index in [-0.39, 0.29) is 43.5 Å². The maximum Gasteiger partial charge on any atom is 0.278 e. The zero-order valence-corrected chi connectivity index (χ0v) is 17.7. The fraction of sp³-hybridized carbons (Fsp3) is 0.500. The van der Waals surface area contributed by atoms with Crippen molar-refractivity contribution in [2.24, 2.45) is 0 Å². The van der Waals surface area contributed by atoms with E-state index in [1.54, 1.807) is 11.0 Å². The van der Waals surface area contributed by atoms with Gasteiger partial charge in [-0.25, -0.2) is 0 Å². The SMILES string of the molecule is CC(C)NC(=O)C[NH+](C)CC(=O)N(Cc1nnc(-c2ccccc2Cl)o1)C1CC1. The molecule has 1 heterocycles. The van der Waals surface area contributed by atoms with Gasteiger partial charge in [-0.05, 0) is 38.8 Å². The van der Waals surface area contributed by atoms with Gasteiger partial charge >= 0.3 is 0 Å². The lowest BCUT2D eigenvalue weighted by Gasteiger charge is -2.22. The maximum absolute atomic E-state index is 12.8. The van der Waals surface area contributed by atoms with E-state index >= 15 is 0 Å². The number of carbonyl (C=O) groups excluding carboxylic acids is 2. The number of quaternary nitrogens is 1. The van der Waals surface area contributed by atoms with Crippen LogP contribution >= 0.6 is 11.6 Å². The molecule has 2 aromatic rings. The van der Waals surface area contributed by atoms with E-state index in [2.05, 4.69) is 15.5 Å². The zero-order valence-electron chi connectivity index (χ0n) is 16.9. The molecule has 156 valence electrons. The molecule has 3 rings (SSSR count). The number of rotatable bonds is 9. The molecular weight excluding hydrogens is 394 g/mol. The Balaban J connectivity index is 1.61. The van der Waals surface area contributed by atoms with Crippen LogP contribution in [0.5, 0.6) is 0 Å². The summed E-state index contributed by atoms with van der Waals surface area (Å²) in [6.45, 7) is 4.56. The standard InChI is InChI=1S/C20H26ClN5O3/c1-13(2)22-17(27)10-25(3)12-19(28)26(14-8-9-14)11-18-23-24-20(29-18)15-6-4-5-7-16(15)21/h4-7,13-14H,8-12H2,1-3H3,(H,22,27)/p+1. The molecule has 1 atom stereocenters. The summed E-state index contributed by atoms with van der Waals surface area (Å²) in [5, 5.41) is 11.5. The van der Waals surface area contributed by atoms with Crippen LogP contribution in [0.25, 0.3) is 11.5 Å². The van der Waals surface area contributed by atoms with E-state index in [0.29, 0.717) is 22.4 Å². The molecule has 0 aliphatic heterocycles. The molecule has 1 aromatic heterocycles. The molecule has 1 fully saturated rings. The van der Waals surface area contributed by atoms with Crippen molar-refractivity contribution >= 4 is 23.4 Å². The highest BCUT2D eigenvalue weighted by Gasteiger charge is 2.35. The van der Waals surface area contributed by atoms with Gasteiger partial charge in [0.25, 0.3) is 11.8 Å². The van der Waals surface area contributed by atoms with Gasteiger partial charge in [-0.2, -0.15) is 0 Å². The van der Waals surface area contributed by atoms with E-state index in [0.717, 1.165) is 17.7 Å². The van der Waals surface area contributed by atoms with Gasteiger partial charge in [-0.1, -0.05) is 23.7 Å². The minimum atomic E-state index is -0.0652. The highest BCUT2D eigenvalue weighted by molar-refractivity contribution is 6.33. The highest BCUT2D eigenvalue weighted by Crippen LogP contribution is 2.30. The number of nitrogens with one attached hydrogen (secondary N) is 2. The maximum atomic E-state index is 12.8. The number of carbonyl (C=O) groups is 2. The van der Waals surface area contributed by atoms with Crippen LogP contribution in [0.15, 0.2) is 28.7 Å². The molecule has 0 saturated heterocycles. The van der Waals surface area contributed by atoms with Gasteiger partial charge < -0.3 is 19.5 Å². The van der Waals surface area contributed by atoms with Crippen molar-refractivity contribution in [1.82, 2.24) is 20.4 Å². The fourth-order valence-electron chi connectivity index (χ4n) is 3.08. The number of aromatic nitrogens is 2. The predicted octanol–water partition coefficient (Wildman–Crippen LogP) is 0.920. The lowest BCUT2D eigenvalue weighted by molar-refractivity contribution is -0.863. The summed E-state index contributed by atoms with van der Waals surface area (Å²) >= 11 is 6.19. The minimum Gasteiger partial charge on any atom is -0.419 e. The number of hydrogen-bond donors (Lipinski definition) is 2. The molecule has 29 heavy (non-hydrogen) atoms. The number of benzene rings is 1. The molecule has 2 amide bonds. The van der Waals surface area contributed by atoms with Crippen LogP contribution < -0.4 is 10.2 Å². The third kappa shape index (κ3) is 6.01. The molecule has 0 radical (unpaired) electrons. The van der Waals surface area contributed by atoms with Gasteiger partial charge in [0.2, 0.25) is 11.8 Å². The van der Waals surface area contributed by atoms with Crippen molar-refractivity contribution in [1.29, 1.82) is 0 Å².